The van der Waals surface area contributed by atoms with E-state index >= 15 is 0 Å². The number of carbonyl (C=O) groups excluding carboxylic acids is 1. The van der Waals surface area contributed by atoms with Crippen molar-refractivity contribution in [2.45, 2.75) is 46.4 Å². The van der Waals surface area contributed by atoms with Crippen LogP contribution in [0.4, 0.5) is 0 Å². The first-order valence-electron chi connectivity index (χ1n) is 8.13. The van der Waals surface area contributed by atoms with Crippen LogP contribution < -0.4 is 10.1 Å². The summed E-state index contributed by atoms with van der Waals surface area (Å²) in [6.45, 7) is 10.2. The molecule has 0 unspecified atom stereocenters. The minimum absolute atomic E-state index is 0.0382. The van der Waals surface area contributed by atoms with Gasteiger partial charge in [-0.25, -0.2) is 0 Å². The molecule has 0 saturated carbocycles. The van der Waals surface area contributed by atoms with E-state index in [4.69, 9.17) is 14.2 Å². The Kier molecular flexibility index (Phi) is 9.52. The van der Waals surface area contributed by atoms with Gasteiger partial charge < -0.3 is 19.5 Å². The number of ketones is 1. The Morgan fingerprint density at radius 3 is 2.39 bits per heavy atom. The van der Waals surface area contributed by atoms with E-state index in [9.17, 15) is 4.79 Å². The lowest BCUT2D eigenvalue weighted by molar-refractivity contribution is -0.120. The van der Waals surface area contributed by atoms with Gasteiger partial charge in [-0.05, 0) is 31.5 Å². The quantitative estimate of drug-likeness (QED) is 0.599. The Labute approximate surface area is 139 Å². The van der Waals surface area contributed by atoms with Crippen LogP contribution in [0.25, 0.3) is 0 Å². The van der Waals surface area contributed by atoms with Crippen molar-refractivity contribution in [3.05, 3.63) is 29.8 Å². The van der Waals surface area contributed by atoms with Crippen molar-refractivity contribution in [1.82, 2.24) is 5.32 Å². The first-order chi connectivity index (χ1) is 11.0. The van der Waals surface area contributed by atoms with Gasteiger partial charge in [0.15, 0.2) is 5.78 Å². The zero-order valence-electron chi connectivity index (χ0n) is 14.6. The monoisotopic (exact) mass is 323 g/mol. The SMILES string of the molecule is CC(C)NCC(=O)COc1ccc(COCCOC(C)C)cc1. The van der Waals surface area contributed by atoms with E-state index in [-0.39, 0.29) is 18.5 Å². The summed E-state index contributed by atoms with van der Waals surface area (Å²) in [6.07, 6.45) is 0.230. The third kappa shape index (κ3) is 10.0. The fourth-order valence-electron chi connectivity index (χ4n) is 1.75. The Morgan fingerprint density at radius 1 is 1.09 bits per heavy atom. The molecule has 0 heterocycles. The van der Waals surface area contributed by atoms with Crippen molar-refractivity contribution in [3.8, 4) is 5.75 Å². The van der Waals surface area contributed by atoms with Crippen LogP contribution in [-0.2, 0) is 20.9 Å². The highest BCUT2D eigenvalue weighted by atomic mass is 16.5. The number of hydrogen-bond acceptors (Lipinski definition) is 5. The predicted molar refractivity (Wildman–Crippen MR) is 90.8 cm³/mol. The molecule has 0 radical (unpaired) electrons. The van der Waals surface area contributed by atoms with Gasteiger partial charge in [-0.1, -0.05) is 26.0 Å². The van der Waals surface area contributed by atoms with E-state index in [0.29, 0.717) is 38.2 Å². The zero-order valence-corrected chi connectivity index (χ0v) is 14.6. The predicted octanol–water partition coefficient (Wildman–Crippen LogP) is 2.57. The summed E-state index contributed by atoms with van der Waals surface area (Å²) in [5, 5.41) is 3.07. The van der Waals surface area contributed by atoms with Gasteiger partial charge >= 0.3 is 0 Å². The van der Waals surface area contributed by atoms with Gasteiger partial charge in [0.05, 0.1) is 32.5 Å². The molecule has 130 valence electrons. The molecule has 1 aromatic rings. The standard InChI is InChI=1S/C18H29NO4/c1-14(2)19-11-17(20)13-23-18-7-5-16(6-8-18)12-21-9-10-22-15(3)4/h5-8,14-15,19H,9-13H2,1-4H3. The van der Waals surface area contributed by atoms with Gasteiger partial charge in [-0.2, -0.15) is 0 Å². The van der Waals surface area contributed by atoms with E-state index < -0.39 is 0 Å². The molecule has 0 aromatic heterocycles. The molecular formula is C18H29NO4. The number of nitrogens with one attached hydrogen (secondary N) is 1. The zero-order chi connectivity index (χ0) is 17.1. The highest BCUT2D eigenvalue weighted by Gasteiger charge is 2.04. The molecule has 1 N–H and O–H groups in total. The van der Waals surface area contributed by atoms with Crippen LogP contribution in [0.1, 0.15) is 33.3 Å². The summed E-state index contributed by atoms with van der Waals surface area (Å²) >= 11 is 0. The van der Waals surface area contributed by atoms with E-state index in [2.05, 4.69) is 5.32 Å². The molecule has 1 aromatic carbocycles. The van der Waals surface area contributed by atoms with Crippen LogP contribution >= 0.6 is 0 Å². The van der Waals surface area contributed by atoms with Gasteiger partial charge in [-0.15, -0.1) is 0 Å². The number of ether oxygens (including phenoxy) is 3. The smallest absolute Gasteiger partial charge is 0.183 e. The van der Waals surface area contributed by atoms with Gasteiger partial charge in [-0.3, -0.25) is 4.79 Å². The molecule has 0 aliphatic rings. The second-order valence-corrected chi connectivity index (χ2v) is 5.98. The molecule has 23 heavy (non-hydrogen) atoms. The van der Waals surface area contributed by atoms with E-state index in [0.717, 1.165) is 5.56 Å². The number of hydrogen-bond donors (Lipinski definition) is 1. The van der Waals surface area contributed by atoms with Crippen LogP contribution in [-0.4, -0.2) is 44.3 Å². The van der Waals surface area contributed by atoms with Crippen molar-refractivity contribution >= 4 is 5.78 Å². The van der Waals surface area contributed by atoms with Crippen molar-refractivity contribution in [2.75, 3.05) is 26.4 Å². The molecule has 0 atom stereocenters. The summed E-state index contributed by atoms with van der Waals surface area (Å²) in [6, 6.07) is 7.88. The first kappa shape index (κ1) is 19.6. The molecule has 5 heteroatoms. The van der Waals surface area contributed by atoms with Gasteiger partial charge in [0, 0.05) is 6.04 Å². The highest BCUT2D eigenvalue weighted by Crippen LogP contribution is 2.12. The fourth-order valence-corrected chi connectivity index (χ4v) is 1.75. The Bertz CT molecular complexity index is 443. The molecule has 0 aliphatic heterocycles. The van der Waals surface area contributed by atoms with Gasteiger partial charge in [0.1, 0.15) is 12.4 Å². The molecule has 1 rings (SSSR count). The van der Waals surface area contributed by atoms with Crippen LogP contribution in [0.3, 0.4) is 0 Å². The second-order valence-electron chi connectivity index (χ2n) is 5.98. The third-order valence-electron chi connectivity index (χ3n) is 2.98. The molecule has 5 nitrogen and oxygen atoms in total. The number of rotatable bonds is 12. The Hall–Kier alpha value is -1.43. The van der Waals surface area contributed by atoms with Crippen molar-refractivity contribution < 1.29 is 19.0 Å². The molecule has 0 spiro atoms. The Morgan fingerprint density at radius 2 is 1.78 bits per heavy atom. The lowest BCUT2D eigenvalue weighted by atomic mass is 10.2. The van der Waals surface area contributed by atoms with Crippen LogP contribution in [0.5, 0.6) is 5.75 Å². The number of Topliss-reactive ketones (excluding diaryl/α,β-unsaturated/α-hetero) is 1. The normalized spacial score (nSPS) is 11.2. The van der Waals surface area contributed by atoms with Gasteiger partial charge in [0.2, 0.25) is 0 Å². The summed E-state index contributed by atoms with van der Waals surface area (Å²) in [5.74, 6) is 0.728. The largest absolute Gasteiger partial charge is 0.486 e. The highest BCUT2D eigenvalue weighted by molar-refractivity contribution is 5.81. The lowest BCUT2D eigenvalue weighted by Crippen LogP contribution is -2.31. The molecule has 0 amide bonds. The summed E-state index contributed by atoms with van der Waals surface area (Å²) in [7, 11) is 0. The fraction of sp³-hybridized carbons (Fsp3) is 0.611. The molecular weight excluding hydrogens is 294 g/mol. The average Bonchev–Trinajstić information content (AvgIpc) is 2.51. The average molecular weight is 323 g/mol. The molecule has 0 bridgehead atoms. The molecule has 0 aliphatic carbocycles. The van der Waals surface area contributed by atoms with Crippen molar-refractivity contribution in [1.29, 1.82) is 0 Å². The minimum Gasteiger partial charge on any atom is -0.486 e. The summed E-state index contributed by atoms with van der Waals surface area (Å²) in [4.78, 5) is 11.6. The lowest BCUT2D eigenvalue weighted by Gasteiger charge is -2.10. The van der Waals surface area contributed by atoms with Crippen LogP contribution in [0.15, 0.2) is 24.3 Å². The maximum absolute atomic E-state index is 11.6. The van der Waals surface area contributed by atoms with Crippen molar-refractivity contribution in [2.24, 2.45) is 0 Å². The Balaban J connectivity index is 2.21. The summed E-state index contributed by atoms with van der Waals surface area (Å²) in [5.41, 5.74) is 1.06. The van der Waals surface area contributed by atoms with E-state index in [1.165, 1.54) is 0 Å². The maximum Gasteiger partial charge on any atom is 0.183 e. The molecule has 0 fully saturated rings. The number of carbonyl (C=O) groups is 1. The van der Waals surface area contributed by atoms with Crippen LogP contribution in [0.2, 0.25) is 0 Å². The second kappa shape index (κ2) is 11.2. The van der Waals surface area contributed by atoms with E-state index in [1.54, 1.807) is 0 Å². The topological polar surface area (TPSA) is 56.8 Å². The third-order valence-corrected chi connectivity index (χ3v) is 2.98. The van der Waals surface area contributed by atoms with Gasteiger partial charge in [0.25, 0.3) is 0 Å². The van der Waals surface area contributed by atoms with Crippen molar-refractivity contribution in [3.63, 3.8) is 0 Å². The number of benzene rings is 1. The molecule has 0 saturated heterocycles. The summed E-state index contributed by atoms with van der Waals surface area (Å²) < 4.78 is 16.4. The maximum atomic E-state index is 11.6. The minimum atomic E-state index is 0.0382. The first-order valence-corrected chi connectivity index (χ1v) is 8.13. The van der Waals surface area contributed by atoms with E-state index in [1.807, 2.05) is 52.0 Å². The van der Waals surface area contributed by atoms with Crippen LogP contribution in [0, 0.1) is 0 Å².